The minimum Gasteiger partial charge on any atom is -0.451 e. The molecule has 0 radical (unpaired) electrons. The van der Waals surface area contributed by atoms with E-state index in [9.17, 15) is 18.8 Å². The van der Waals surface area contributed by atoms with E-state index in [-0.39, 0.29) is 17.5 Å². The summed E-state index contributed by atoms with van der Waals surface area (Å²) >= 11 is 0. The van der Waals surface area contributed by atoms with Gasteiger partial charge in [0, 0.05) is 11.7 Å². The standard InChI is InChI=1S/C21H21FN2O4/c1-13-11-15-7-3-6-10-18(15)24(13)21(27)14(2)28-19(25)12-23-20(26)16-8-4-5-9-17(16)22/h3-10,13-14H,11-12H2,1-2H3,(H,23,26)/t13-,14+/m0/s1. The van der Waals surface area contributed by atoms with E-state index in [1.165, 1.54) is 25.1 Å². The molecule has 3 rings (SSSR count). The molecule has 28 heavy (non-hydrogen) atoms. The molecule has 0 unspecified atom stereocenters. The largest absolute Gasteiger partial charge is 0.451 e. The van der Waals surface area contributed by atoms with Gasteiger partial charge in [-0.3, -0.25) is 14.4 Å². The molecule has 1 heterocycles. The van der Waals surface area contributed by atoms with Crippen molar-refractivity contribution in [2.45, 2.75) is 32.4 Å². The molecule has 1 aliphatic heterocycles. The molecule has 1 N–H and O–H groups in total. The van der Waals surface area contributed by atoms with Crippen LogP contribution in [0.2, 0.25) is 0 Å². The third kappa shape index (κ3) is 4.03. The number of ether oxygens (including phenoxy) is 1. The van der Waals surface area contributed by atoms with E-state index in [2.05, 4.69) is 5.32 Å². The summed E-state index contributed by atoms with van der Waals surface area (Å²) in [6.45, 7) is 2.96. The average molecular weight is 384 g/mol. The third-order valence-corrected chi connectivity index (χ3v) is 4.61. The number of anilines is 1. The normalized spacial score (nSPS) is 16.2. The van der Waals surface area contributed by atoms with Crippen LogP contribution in [0.1, 0.15) is 29.8 Å². The summed E-state index contributed by atoms with van der Waals surface area (Å²) in [6, 6.07) is 13.0. The number of benzene rings is 2. The number of hydrogen-bond acceptors (Lipinski definition) is 4. The Morgan fingerprint density at radius 2 is 1.86 bits per heavy atom. The molecule has 0 aromatic heterocycles. The lowest BCUT2D eigenvalue weighted by molar-refractivity contribution is -0.152. The van der Waals surface area contributed by atoms with Gasteiger partial charge in [-0.25, -0.2) is 4.39 Å². The zero-order valence-corrected chi connectivity index (χ0v) is 15.6. The smallest absolute Gasteiger partial charge is 0.326 e. The van der Waals surface area contributed by atoms with E-state index in [1.54, 1.807) is 4.90 Å². The topological polar surface area (TPSA) is 75.7 Å². The number of hydrogen-bond donors (Lipinski definition) is 1. The summed E-state index contributed by atoms with van der Waals surface area (Å²) < 4.78 is 18.7. The summed E-state index contributed by atoms with van der Waals surface area (Å²) in [4.78, 5) is 38.4. The molecule has 0 saturated heterocycles. The van der Waals surface area contributed by atoms with Crippen molar-refractivity contribution >= 4 is 23.5 Å². The fourth-order valence-corrected chi connectivity index (χ4v) is 3.28. The first kappa shape index (κ1) is 19.5. The third-order valence-electron chi connectivity index (χ3n) is 4.61. The minimum atomic E-state index is -1.01. The fraction of sp³-hybridized carbons (Fsp3) is 0.286. The highest BCUT2D eigenvalue weighted by atomic mass is 19.1. The number of fused-ring (bicyclic) bond motifs is 1. The van der Waals surface area contributed by atoms with Gasteiger partial charge in [-0.05, 0) is 44.0 Å². The van der Waals surface area contributed by atoms with Crippen molar-refractivity contribution in [3.63, 3.8) is 0 Å². The molecule has 2 amide bonds. The number of amides is 2. The quantitative estimate of drug-likeness (QED) is 0.804. The van der Waals surface area contributed by atoms with Crippen molar-refractivity contribution in [2.24, 2.45) is 0 Å². The van der Waals surface area contributed by atoms with Crippen LogP contribution < -0.4 is 10.2 Å². The van der Waals surface area contributed by atoms with E-state index in [0.29, 0.717) is 0 Å². The number of carbonyl (C=O) groups is 3. The number of halogens is 1. The summed E-state index contributed by atoms with van der Waals surface area (Å²) in [6.07, 6.45) is -0.271. The first-order valence-corrected chi connectivity index (χ1v) is 9.01. The monoisotopic (exact) mass is 384 g/mol. The van der Waals surface area contributed by atoms with Crippen molar-refractivity contribution in [1.82, 2.24) is 5.32 Å². The number of nitrogens with zero attached hydrogens (tertiary/aromatic N) is 1. The molecule has 2 aromatic carbocycles. The van der Waals surface area contributed by atoms with E-state index in [1.807, 2.05) is 31.2 Å². The number of rotatable bonds is 5. The van der Waals surface area contributed by atoms with E-state index >= 15 is 0 Å². The van der Waals surface area contributed by atoms with E-state index in [0.717, 1.165) is 23.7 Å². The van der Waals surface area contributed by atoms with Gasteiger partial charge in [0.2, 0.25) is 0 Å². The maximum absolute atomic E-state index is 13.6. The molecule has 0 fully saturated rings. The Balaban J connectivity index is 1.56. The maximum atomic E-state index is 13.6. The molecule has 0 aliphatic carbocycles. The predicted molar refractivity (Wildman–Crippen MR) is 101 cm³/mol. The lowest BCUT2D eigenvalue weighted by atomic mass is 10.1. The summed E-state index contributed by atoms with van der Waals surface area (Å²) in [5.74, 6) is -2.51. The molecule has 2 aromatic rings. The predicted octanol–water partition coefficient (Wildman–Crippen LogP) is 2.46. The lowest BCUT2D eigenvalue weighted by Gasteiger charge is -2.26. The van der Waals surface area contributed by atoms with Crippen LogP contribution in [-0.4, -0.2) is 36.5 Å². The van der Waals surface area contributed by atoms with E-state index < -0.39 is 30.3 Å². The van der Waals surface area contributed by atoms with Crippen molar-refractivity contribution in [2.75, 3.05) is 11.4 Å². The van der Waals surface area contributed by atoms with Crippen molar-refractivity contribution in [1.29, 1.82) is 0 Å². The first-order chi connectivity index (χ1) is 13.4. The molecule has 146 valence electrons. The second kappa shape index (κ2) is 8.21. The molecule has 0 saturated carbocycles. The molecule has 7 heteroatoms. The second-order valence-corrected chi connectivity index (χ2v) is 6.68. The molecular formula is C21H21FN2O4. The molecular weight excluding hydrogens is 363 g/mol. The Hall–Kier alpha value is -3.22. The first-order valence-electron chi connectivity index (χ1n) is 9.01. The Morgan fingerprint density at radius 1 is 1.18 bits per heavy atom. The van der Waals surface area contributed by atoms with Crippen LogP contribution in [0.5, 0.6) is 0 Å². The van der Waals surface area contributed by atoms with Gasteiger partial charge in [0.25, 0.3) is 11.8 Å². The highest BCUT2D eigenvalue weighted by Gasteiger charge is 2.34. The van der Waals surface area contributed by atoms with Crippen LogP contribution in [0.4, 0.5) is 10.1 Å². The van der Waals surface area contributed by atoms with Crippen LogP contribution in [0.15, 0.2) is 48.5 Å². The van der Waals surface area contributed by atoms with Gasteiger partial charge < -0.3 is 15.0 Å². The van der Waals surface area contributed by atoms with Crippen LogP contribution in [0.25, 0.3) is 0 Å². The number of nitrogens with one attached hydrogen (secondary N) is 1. The van der Waals surface area contributed by atoms with Crippen molar-refractivity contribution in [3.8, 4) is 0 Å². The Labute approximate surface area is 162 Å². The van der Waals surface area contributed by atoms with Crippen LogP contribution in [0.3, 0.4) is 0 Å². The molecule has 6 nitrogen and oxygen atoms in total. The van der Waals surface area contributed by atoms with Gasteiger partial charge in [0.05, 0.1) is 5.56 Å². The SMILES string of the molecule is C[C@@H](OC(=O)CNC(=O)c1ccccc1F)C(=O)N1c2ccccc2C[C@@H]1C. The van der Waals surface area contributed by atoms with Crippen LogP contribution in [0, 0.1) is 5.82 Å². The van der Waals surface area contributed by atoms with Gasteiger partial charge in [0.1, 0.15) is 12.4 Å². The maximum Gasteiger partial charge on any atom is 0.326 e. The minimum absolute atomic E-state index is 0.0354. The lowest BCUT2D eigenvalue weighted by Crippen LogP contribution is -2.44. The van der Waals surface area contributed by atoms with Crippen molar-refractivity contribution < 1.29 is 23.5 Å². The van der Waals surface area contributed by atoms with Crippen LogP contribution >= 0.6 is 0 Å². The highest BCUT2D eigenvalue weighted by Crippen LogP contribution is 2.32. The summed E-state index contributed by atoms with van der Waals surface area (Å²) in [7, 11) is 0. The van der Waals surface area contributed by atoms with Gasteiger partial charge in [-0.1, -0.05) is 30.3 Å². The van der Waals surface area contributed by atoms with Gasteiger partial charge in [-0.15, -0.1) is 0 Å². The number of esters is 1. The summed E-state index contributed by atoms with van der Waals surface area (Å²) in [5.41, 5.74) is 1.72. The second-order valence-electron chi connectivity index (χ2n) is 6.68. The fourth-order valence-electron chi connectivity index (χ4n) is 3.28. The number of carbonyl (C=O) groups excluding carboxylic acids is 3. The molecule has 0 bridgehead atoms. The van der Waals surface area contributed by atoms with Gasteiger partial charge >= 0.3 is 5.97 Å². The zero-order chi connectivity index (χ0) is 20.3. The average Bonchev–Trinajstić information content (AvgIpc) is 3.01. The van der Waals surface area contributed by atoms with Crippen LogP contribution in [-0.2, 0) is 20.7 Å². The number of para-hydroxylation sites is 1. The Bertz CT molecular complexity index is 915. The zero-order valence-electron chi connectivity index (χ0n) is 15.6. The molecule has 0 spiro atoms. The highest BCUT2D eigenvalue weighted by molar-refractivity contribution is 6.00. The molecule has 1 aliphatic rings. The Morgan fingerprint density at radius 3 is 2.61 bits per heavy atom. The Kier molecular flexibility index (Phi) is 5.73. The van der Waals surface area contributed by atoms with Gasteiger partial charge in [0.15, 0.2) is 6.10 Å². The summed E-state index contributed by atoms with van der Waals surface area (Å²) in [5, 5.41) is 2.30. The molecule has 2 atom stereocenters. The van der Waals surface area contributed by atoms with Crippen molar-refractivity contribution in [3.05, 3.63) is 65.5 Å². The van der Waals surface area contributed by atoms with Gasteiger partial charge in [-0.2, -0.15) is 0 Å². The van der Waals surface area contributed by atoms with E-state index in [4.69, 9.17) is 4.74 Å².